The van der Waals surface area contributed by atoms with Crippen LogP contribution < -0.4 is 15.1 Å². The largest absolute Gasteiger partial charge is 0.367 e. The van der Waals surface area contributed by atoms with Gasteiger partial charge >= 0.3 is 0 Å². The first-order valence-corrected chi connectivity index (χ1v) is 9.76. The van der Waals surface area contributed by atoms with E-state index < -0.39 is 0 Å². The van der Waals surface area contributed by atoms with Crippen molar-refractivity contribution in [1.29, 1.82) is 0 Å². The number of carbonyl (C=O) groups is 1. The fraction of sp³-hybridized carbons (Fsp3) is 0.273. The quantitative estimate of drug-likeness (QED) is 0.724. The first kappa shape index (κ1) is 18.9. The van der Waals surface area contributed by atoms with Crippen molar-refractivity contribution in [2.75, 3.05) is 41.3 Å². The second-order valence-electron chi connectivity index (χ2n) is 7.14. The Morgan fingerprint density at radius 1 is 0.966 bits per heavy atom. The molecule has 1 amide bonds. The lowest BCUT2D eigenvalue weighted by Gasteiger charge is -2.35. The molecule has 0 saturated carbocycles. The second kappa shape index (κ2) is 8.68. The SMILES string of the molecule is Cc1cccc(CC(=O)Nc2ccc(N3CCN(c4ncccn4)CC3)cn2)c1. The molecule has 0 atom stereocenters. The number of nitrogens with zero attached hydrogens (tertiary/aromatic N) is 5. The van der Waals surface area contributed by atoms with Crippen LogP contribution in [-0.2, 0) is 11.2 Å². The normalized spacial score (nSPS) is 14.0. The van der Waals surface area contributed by atoms with E-state index in [0.717, 1.165) is 48.9 Å². The number of amides is 1. The molecule has 0 unspecified atom stereocenters. The van der Waals surface area contributed by atoms with E-state index in [2.05, 4.69) is 30.1 Å². The Bertz CT molecular complexity index is 953. The Balaban J connectivity index is 1.31. The fourth-order valence-corrected chi connectivity index (χ4v) is 3.46. The Morgan fingerprint density at radius 2 is 1.72 bits per heavy atom. The minimum Gasteiger partial charge on any atom is -0.367 e. The van der Waals surface area contributed by atoms with Gasteiger partial charge in [-0.15, -0.1) is 0 Å². The Kier molecular flexibility index (Phi) is 5.65. The summed E-state index contributed by atoms with van der Waals surface area (Å²) >= 11 is 0. The first-order chi connectivity index (χ1) is 14.2. The molecular weight excluding hydrogens is 364 g/mol. The van der Waals surface area contributed by atoms with Crippen molar-refractivity contribution in [2.45, 2.75) is 13.3 Å². The smallest absolute Gasteiger partial charge is 0.229 e. The summed E-state index contributed by atoms with van der Waals surface area (Å²) in [6.45, 7) is 5.49. The van der Waals surface area contributed by atoms with Crippen LogP contribution in [0, 0.1) is 6.92 Å². The molecule has 1 aliphatic heterocycles. The lowest BCUT2D eigenvalue weighted by Crippen LogP contribution is -2.47. The zero-order chi connectivity index (χ0) is 20.1. The molecule has 1 fully saturated rings. The number of rotatable bonds is 5. The van der Waals surface area contributed by atoms with Crippen molar-refractivity contribution in [2.24, 2.45) is 0 Å². The molecule has 7 heteroatoms. The molecular formula is C22H24N6O. The average molecular weight is 388 g/mol. The predicted molar refractivity (Wildman–Crippen MR) is 114 cm³/mol. The molecule has 2 aromatic heterocycles. The van der Waals surface area contributed by atoms with Crippen LogP contribution in [0.1, 0.15) is 11.1 Å². The van der Waals surface area contributed by atoms with Gasteiger partial charge in [0.05, 0.1) is 18.3 Å². The first-order valence-electron chi connectivity index (χ1n) is 9.76. The van der Waals surface area contributed by atoms with Gasteiger partial charge in [0.25, 0.3) is 0 Å². The minimum atomic E-state index is -0.0627. The van der Waals surface area contributed by atoms with Crippen molar-refractivity contribution < 1.29 is 4.79 Å². The number of benzene rings is 1. The highest BCUT2D eigenvalue weighted by atomic mass is 16.1. The summed E-state index contributed by atoms with van der Waals surface area (Å²) in [5.74, 6) is 1.28. The van der Waals surface area contributed by atoms with Crippen molar-refractivity contribution >= 4 is 23.4 Å². The number of piperazine rings is 1. The van der Waals surface area contributed by atoms with Gasteiger partial charge in [-0.05, 0) is 30.7 Å². The molecule has 148 valence electrons. The maximum absolute atomic E-state index is 12.3. The van der Waals surface area contributed by atoms with E-state index in [1.54, 1.807) is 12.4 Å². The molecule has 29 heavy (non-hydrogen) atoms. The maximum atomic E-state index is 12.3. The number of aryl methyl sites for hydroxylation is 1. The number of anilines is 3. The van der Waals surface area contributed by atoms with E-state index in [4.69, 9.17) is 0 Å². The van der Waals surface area contributed by atoms with Crippen LogP contribution in [-0.4, -0.2) is 47.0 Å². The van der Waals surface area contributed by atoms with Crippen LogP contribution in [0.2, 0.25) is 0 Å². The number of hydrogen-bond donors (Lipinski definition) is 1. The fourth-order valence-electron chi connectivity index (χ4n) is 3.46. The average Bonchev–Trinajstić information content (AvgIpc) is 2.75. The number of pyridine rings is 1. The Morgan fingerprint density at radius 3 is 2.41 bits per heavy atom. The van der Waals surface area contributed by atoms with E-state index in [1.807, 2.05) is 55.6 Å². The summed E-state index contributed by atoms with van der Waals surface area (Å²) in [5.41, 5.74) is 3.20. The van der Waals surface area contributed by atoms with Gasteiger partial charge in [-0.3, -0.25) is 4.79 Å². The van der Waals surface area contributed by atoms with Crippen LogP contribution in [0.3, 0.4) is 0 Å². The highest BCUT2D eigenvalue weighted by Crippen LogP contribution is 2.19. The number of hydrogen-bond acceptors (Lipinski definition) is 6. The standard InChI is InChI=1S/C22H24N6O/c1-17-4-2-5-18(14-17)15-21(29)26-20-7-6-19(16-25-20)27-10-12-28(13-11-27)22-23-8-3-9-24-22/h2-9,14,16H,10-13,15H2,1H3,(H,25,26,29). The molecule has 0 spiro atoms. The van der Waals surface area contributed by atoms with Crippen LogP contribution in [0.25, 0.3) is 0 Å². The molecule has 7 nitrogen and oxygen atoms in total. The third-order valence-corrected chi connectivity index (χ3v) is 4.94. The second-order valence-corrected chi connectivity index (χ2v) is 7.14. The topological polar surface area (TPSA) is 74.2 Å². The predicted octanol–water partition coefficient (Wildman–Crippen LogP) is 2.69. The zero-order valence-electron chi connectivity index (χ0n) is 16.5. The highest BCUT2D eigenvalue weighted by Gasteiger charge is 2.19. The molecule has 1 saturated heterocycles. The van der Waals surface area contributed by atoms with Crippen molar-refractivity contribution in [3.05, 3.63) is 72.2 Å². The van der Waals surface area contributed by atoms with Gasteiger partial charge in [-0.1, -0.05) is 29.8 Å². The van der Waals surface area contributed by atoms with Crippen molar-refractivity contribution in [3.8, 4) is 0 Å². The van der Waals surface area contributed by atoms with Gasteiger partial charge < -0.3 is 15.1 Å². The van der Waals surface area contributed by atoms with Gasteiger partial charge in [0, 0.05) is 38.6 Å². The molecule has 1 aliphatic rings. The zero-order valence-corrected chi connectivity index (χ0v) is 16.5. The monoisotopic (exact) mass is 388 g/mol. The molecule has 3 aromatic rings. The van der Waals surface area contributed by atoms with E-state index in [9.17, 15) is 4.79 Å². The van der Waals surface area contributed by atoms with Crippen molar-refractivity contribution in [1.82, 2.24) is 15.0 Å². The van der Waals surface area contributed by atoms with Crippen LogP contribution >= 0.6 is 0 Å². The summed E-state index contributed by atoms with van der Waals surface area (Å²) < 4.78 is 0. The molecule has 3 heterocycles. The van der Waals surface area contributed by atoms with Gasteiger partial charge in [0.15, 0.2) is 0 Å². The molecule has 0 aliphatic carbocycles. The van der Waals surface area contributed by atoms with E-state index in [1.165, 1.54) is 0 Å². The summed E-state index contributed by atoms with van der Waals surface area (Å²) in [4.78, 5) is 29.8. The van der Waals surface area contributed by atoms with E-state index in [-0.39, 0.29) is 5.91 Å². The minimum absolute atomic E-state index is 0.0627. The summed E-state index contributed by atoms with van der Waals surface area (Å²) in [6, 6.07) is 13.7. The van der Waals surface area contributed by atoms with Crippen LogP contribution in [0.15, 0.2) is 61.1 Å². The number of carbonyl (C=O) groups excluding carboxylic acids is 1. The third-order valence-electron chi connectivity index (χ3n) is 4.94. The molecule has 4 rings (SSSR count). The molecule has 1 N–H and O–H groups in total. The van der Waals surface area contributed by atoms with E-state index in [0.29, 0.717) is 12.2 Å². The number of aromatic nitrogens is 3. The summed E-state index contributed by atoms with van der Waals surface area (Å²) in [7, 11) is 0. The lowest BCUT2D eigenvalue weighted by molar-refractivity contribution is -0.115. The summed E-state index contributed by atoms with van der Waals surface area (Å²) in [5, 5.41) is 2.88. The van der Waals surface area contributed by atoms with Gasteiger partial charge in [-0.2, -0.15) is 0 Å². The highest BCUT2D eigenvalue weighted by molar-refractivity contribution is 5.91. The van der Waals surface area contributed by atoms with Crippen LogP contribution in [0.5, 0.6) is 0 Å². The van der Waals surface area contributed by atoms with Crippen LogP contribution in [0.4, 0.5) is 17.5 Å². The Hall–Kier alpha value is -3.48. The summed E-state index contributed by atoms with van der Waals surface area (Å²) in [6.07, 6.45) is 5.70. The van der Waals surface area contributed by atoms with Gasteiger partial charge in [-0.25, -0.2) is 15.0 Å². The molecule has 1 aromatic carbocycles. The molecule has 0 radical (unpaired) electrons. The molecule has 0 bridgehead atoms. The van der Waals surface area contributed by atoms with Gasteiger partial charge in [0.2, 0.25) is 11.9 Å². The van der Waals surface area contributed by atoms with Crippen molar-refractivity contribution in [3.63, 3.8) is 0 Å². The third kappa shape index (κ3) is 4.87. The van der Waals surface area contributed by atoms with Gasteiger partial charge in [0.1, 0.15) is 5.82 Å². The van der Waals surface area contributed by atoms with E-state index >= 15 is 0 Å². The lowest BCUT2D eigenvalue weighted by atomic mass is 10.1. The number of nitrogens with one attached hydrogen (secondary N) is 1. The maximum Gasteiger partial charge on any atom is 0.229 e. The Labute approximate surface area is 170 Å².